The zero-order valence-electron chi connectivity index (χ0n) is 6.38. The predicted molar refractivity (Wildman–Crippen MR) is 44.7 cm³/mol. The third kappa shape index (κ3) is 0.858. The number of hydrogen-bond acceptors (Lipinski definition) is 6. The van der Waals surface area contributed by atoms with Crippen LogP contribution in [0.5, 0.6) is 0 Å². The summed E-state index contributed by atoms with van der Waals surface area (Å²) < 4.78 is 0. The Morgan fingerprint density at radius 3 is 2.92 bits per heavy atom. The molecule has 0 bridgehead atoms. The minimum absolute atomic E-state index is 0.276. The summed E-state index contributed by atoms with van der Waals surface area (Å²) in [7, 11) is 0. The van der Waals surface area contributed by atoms with E-state index in [9.17, 15) is 0 Å². The first kappa shape index (κ1) is 7.14. The van der Waals surface area contributed by atoms with Gasteiger partial charge in [-0.15, -0.1) is 0 Å². The van der Waals surface area contributed by atoms with Crippen LogP contribution < -0.4 is 17.3 Å². The molecular weight excluding hydrogens is 156 g/mol. The first-order valence-electron chi connectivity index (χ1n) is 3.50. The highest BCUT2D eigenvalue weighted by Gasteiger charge is 2.26. The van der Waals surface area contributed by atoms with E-state index in [1.54, 1.807) is 23.4 Å². The molecule has 6 nitrogen and oxygen atoms in total. The van der Waals surface area contributed by atoms with Crippen molar-refractivity contribution >= 4 is 5.96 Å². The molecule has 12 heavy (non-hydrogen) atoms. The predicted octanol–water partition coefficient (Wildman–Crippen LogP) is -1.60. The molecule has 0 radical (unpaired) electrons. The van der Waals surface area contributed by atoms with Gasteiger partial charge in [-0.3, -0.25) is 9.91 Å². The number of nitrogens with zero attached hydrogens (tertiary/aromatic N) is 3. The zero-order chi connectivity index (χ0) is 8.72. The number of nitrogens with two attached hydrogens (primary N) is 3. The van der Waals surface area contributed by atoms with E-state index in [0.29, 0.717) is 11.8 Å². The van der Waals surface area contributed by atoms with Crippen LogP contribution in [0, 0.1) is 0 Å². The maximum Gasteiger partial charge on any atom is 0.227 e. The van der Waals surface area contributed by atoms with Gasteiger partial charge in [-0.2, -0.15) is 4.99 Å². The lowest BCUT2D eigenvalue weighted by Gasteiger charge is -2.27. The summed E-state index contributed by atoms with van der Waals surface area (Å²) in [5.41, 5.74) is 11.2. The first-order chi connectivity index (χ1) is 5.68. The number of hydrogen-bond donors (Lipinski definition) is 3. The number of aliphatic imine (C=N–C) groups is 1. The fourth-order valence-electron chi connectivity index (χ4n) is 1.17. The second-order valence-electron chi connectivity index (χ2n) is 2.61. The van der Waals surface area contributed by atoms with Crippen LogP contribution in [0.3, 0.4) is 0 Å². The monoisotopic (exact) mass is 166 g/mol. The maximum atomic E-state index is 5.73. The Labute approximate surface area is 69.6 Å². The van der Waals surface area contributed by atoms with Crippen LogP contribution in [0.25, 0.3) is 0 Å². The number of hydrazine groups is 1. The van der Waals surface area contributed by atoms with Crippen molar-refractivity contribution < 1.29 is 0 Å². The molecule has 0 aromatic carbocycles. The molecule has 6 N–H and O–H groups in total. The van der Waals surface area contributed by atoms with Gasteiger partial charge < -0.3 is 11.5 Å². The maximum absolute atomic E-state index is 5.73. The topological polar surface area (TPSA) is 96.9 Å². The number of guanidine groups is 1. The van der Waals surface area contributed by atoms with Crippen LogP contribution in [0.4, 0.5) is 0 Å². The highest BCUT2D eigenvalue weighted by molar-refractivity contribution is 5.85. The molecule has 0 spiro atoms. The average Bonchev–Trinajstić information content (AvgIpc) is 2.33. The lowest BCUT2D eigenvalue weighted by Crippen LogP contribution is -2.48. The van der Waals surface area contributed by atoms with Crippen LogP contribution in [0.15, 0.2) is 29.3 Å². The summed E-state index contributed by atoms with van der Waals surface area (Å²) in [6.45, 7) is 0. The van der Waals surface area contributed by atoms with Crippen molar-refractivity contribution in [3.05, 3.63) is 24.3 Å². The molecule has 64 valence electrons. The Morgan fingerprint density at radius 1 is 1.42 bits per heavy atom. The molecule has 0 amide bonds. The SMILES string of the molecule is NC1=CC(N)N2C=CN(N)C2=N1. The Kier molecular flexibility index (Phi) is 1.32. The van der Waals surface area contributed by atoms with E-state index in [1.165, 1.54) is 5.01 Å². The second-order valence-corrected chi connectivity index (χ2v) is 2.61. The molecule has 2 aliphatic heterocycles. The van der Waals surface area contributed by atoms with Crippen molar-refractivity contribution in [2.75, 3.05) is 0 Å². The van der Waals surface area contributed by atoms with E-state index in [4.69, 9.17) is 17.3 Å². The van der Waals surface area contributed by atoms with Crippen molar-refractivity contribution in [2.45, 2.75) is 6.17 Å². The molecule has 0 saturated heterocycles. The summed E-state index contributed by atoms with van der Waals surface area (Å²) in [5.74, 6) is 6.50. The standard InChI is InChI=1S/C6H10N6/c7-4-3-5(8)11-1-2-12(9)6(11)10-4/h1-3,5H,7-9H2. The molecule has 0 fully saturated rings. The molecule has 6 heteroatoms. The lowest BCUT2D eigenvalue weighted by molar-refractivity contribution is 0.435. The molecule has 0 aliphatic carbocycles. The van der Waals surface area contributed by atoms with Gasteiger partial charge in [-0.25, -0.2) is 5.84 Å². The normalized spacial score (nSPS) is 27.0. The summed E-state index contributed by atoms with van der Waals surface area (Å²) in [6.07, 6.45) is 4.81. The van der Waals surface area contributed by atoms with Crippen LogP contribution in [0.1, 0.15) is 0 Å². The molecule has 2 rings (SSSR count). The van der Waals surface area contributed by atoms with Gasteiger partial charge >= 0.3 is 0 Å². The van der Waals surface area contributed by atoms with Crippen LogP contribution in [0.2, 0.25) is 0 Å². The number of fused-ring (bicyclic) bond motifs is 1. The van der Waals surface area contributed by atoms with Gasteiger partial charge in [-0.05, 0) is 6.08 Å². The highest BCUT2D eigenvalue weighted by atomic mass is 15.6. The third-order valence-corrected chi connectivity index (χ3v) is 1.74. The lowest BCUT2D eigenvalue weighted by atomic mass is 10.4. The Balaban J connectivity index is 2.37. The van der Waals surface area contributed by atoms with Gasteiger partial charge in [-0.1, -0.05) is 0 Å². The van der Waals surface area contributed by atoms with E-state index in [1.807, 2.05) is 0 Å². The Morgan fingerprint density at radius 2 is 2.17 bits per heavy atom. The van der Waals surface area contributed by atoms with E-state index in [0.717, 1.165) is 0 Å². The van der Waals surface area contributed by atoms with Crippen LogP contribution in [-0.4, -0.2) is 22.0 Å². The second kappa shape index (κ2) is 2.23. The fraction of sp³-hybridized carbons (Fsp3) is 0.167. The Bertz CT molecular complexity index is 290. The quantitative estimate of drug-likeness (QED) is 0.377. The van der Waals surface area contributed by atoms with Crippen molar-refractivity contribution in [3.63, 3.8) is 0 Å². The molecule has 1 unspecified atom stereocenters. The van der Waals surface area contributed by atoms with Crippen LogP contribution >= 0.6 is 0 Å². The largest absolute Gasteiger partial charge is 0.384 e. The van der Waals surface area contributed by atoms with E-state index >= 15 is 0 Å². The highest BCUT2D eigenvalue weighted by Crippen LogP contribution is 2.14. The van der Waals surface area contributed by atoms with E-state index in [-0.39, 0.29) is 6.17 Å². The van der Waals surface area contributed by atoms with Gasteiger partial charge in [0.2, 0.25) is 5.96 Å². The van der Waals surface area contributed by atoms with Crippen molar-refractivity contribution in [1.29, 1.82) is 0 Å². The fourth-order valence-corrected chi connectivity index (χ4v) is 1.17. The van der Waals surface area contributed by atoms with Crippen molar-refractivity contribution in [1.82, 2.24) is 9.91 Å². The van der Waals surface area contributed by atoms with Crippen molar-refractivity contribution in [3.8, 4) is 0 Å². The van der Waals surface area contributed by atoms with Gasteiger partial charge in [0.1, 0.15) is 12.0 Å². The van der Waals surface area contributed by atoms with Crippen LogP contribution in [-0.2, 0) is 0 Å². The molecule has 0 aromatic rings. The molecular formula is C6H10N6. The third-order valence-electron chi connectivity index (χ3n) is 1.74. The van der Waals surface area contributed by atoms with Crippen molar-refractivity contribution in [2.24, 2.45) is 22.3 Å². The zero-order valence-corrected chi connectivity index (χ0v) is 6.38. The molecule has 2 aliphatic rings. The summed E-state index contributed by atoms with van der Waals surface area (Å²) in [6, 6.07) is 0. The van der Waals surface area contributed by atoms with Gasteiger partial charge in [0.05, 0.1) is 0 Å². The summed E-state index contributed by atoms with van der Waals surface area (Å²) >= 11 is 0. The average molecular weight is 166 g/mol. The molecule has 1 atom stereocenters. The summed E-state index contributed by atoms with van der Waals surface area (Å²) in [5, 5.41) is 1.37. The summed E-state index contributed by atoms with van der Waals surface area (Å²) in [4.78, 5) is 5.75. The molecule has 2 heterocycles. The van der Waals surface area contributed by atoms with Gasteiger partial charge in [0, 0.05) is 12.4 Å². The minimum atomic E-state index is -0.276. The smallest absolute Gasteiger partial charge is 0.227 e. The van der Waals surface area contributed by atoms with Gasteiger partial charge in [0.25, 0.3) is 0 Å². The molecule has 0 saturated carbocycles. The minimum Gasteiger partial charge on any atom is -0.384 e. The molecule has 0 aromatic heterocycles. The van der Waals surface area contributed by atoms with Gasteiger partial charge in [0.15, 0.2) is 0 Å². The first-order valence-corrected chi connectivity index (χ1v) is 3.50. The van der Waals surface area contributed by atoms with E-state index < -0.39 is 0 Å². The number of rotatable bonds is 0. The van der Waals surface area contributed by atoms with E-state index in [2.05, 4.69) is 4.99 Å². The Hall–Kier alpha value is -1.53.